The summed E-state index contributed by atoms with van der Waals surface area (Å²) in [5, 5.41) is 5.60. The number of aryl methyl sites for hydroxylation is 2. The molecule has 1 aliphatic heterocycles. The SMILES string of the molecule is CCOC(=O)C1CCN(C(=O)Cn2nc(C)c3c(-c4ccc(C)cc4)ccnc32)CC1. The van der Waals surface area contributed by atoms with E-state index in [-0.39, 0.29) is 24.3 Å². The predicted octanol–water partition coefficient (Wildman–Crippen LogP) is 3.52. The first kappa shape index (κ1) is 21.0. The van der Waals surface area contributed by atoms with Gasteiger partial charge in [0.25, 0.3) is 0 Å². The standard InChI is InChI=1S/C24H28N4O3/c1-4-31-24(30)19-10-13-27(14-11-19)21(29)15-28-23-22(17(3)26-28)20(9-12-25-23)18-7-5-16(2)6-8-18/h5-9,12,19H,4,10-11,13-15H2,1-3H3. The molecule has 0 atom stereocenters. The van der Waals surface area contributed by atoms with Crippen molar-refractivity contribution in [3.63, 3.8) is 0 Å². The third-order valence-corrected chi connectivity index (χ3v) is 5.92. The van der Waals surface area contributed by atoms with Crippen molar-refractivity contribution in [1.29, 1.82) is 0 Å². The highest BCUT2D eigenvalue weighted by Gasteiger charge is 2.28. The van der Waals surface area contributed by atoms with Gasteiger partial charge in [-0.05, 0) is 50.8 Å². The molecule has 3 heterocycles. The Balaban J connectivity index is 1.52. The van der Waals surface area contributed by atoms with Gasteiger partial charge in [-0.3, -0.25) is 9.59 Å². The number of fused-ring (bicyclic) bond motifs is 1. The molecule has 0 bridgehead atoms. The van der Waals surface area contributed by atoms with Gasteiger partial charge >= 0.3 is 5.97 Å². The minimum atomic E-state index is -0.156. The van der Waals surface area contributed by atoms with E-state index in [9.17, 15) is 9.59 Å². The summed E-state index contributed by atoms with van der Waals surface area (Å²) in [5.74, 6) is -0.277. The van der Waals surface area contributed by atoms with Gasteiger partial charge in [-0.15, -0.1) is 0 Å². The fourth-order valence-corrected chi connectivity index (χ4v) is 4.22. The van der Waals surface area contributed by atoms with Crippen LogP contribution >= 0.6 is 0 Å². The van der Waals surface area contributed by atoms with Crippen LogP contribution in [-0.2, 0) is 20.9 Å². The van der Waals surface area contributed by atoms with Crippen LogP contribution in [0, 0.1) is 19.8 Å². The van der Waals surface area contributed by atoms with Crippen molar-refractivity contribution in [2.45, 2.75) is 40.2 Å². The Hall–Kier alpha value is -3.22. The number of piperidine rings is 1. The van der Waals surface area contributed by atoms with E-state index in [1.807, 2.05) is 24.8 Å². The third-order valence-electron chi connectivity index (χ3n) is 5.92. The second-order valence-electron chi connectivity index (χ2n) is 8.07. The highest BCUT2D eigenvalue weighted by molar-refractivity contribution is 5.95. The van der Waals surface area contributed by atoms with Crippen LogP contribution in [0.4, 0.5) is 0 Å². The molecular formula is C24H28N4O3. The maximum absolute atomic E-state index is 12.9. The zero-order valence-corrected chi connectivity index (χ0v) is 18.3. The molecule has 4 rings (SSSR count). The van der Waals surface area contributed by atoms with Crippen LogP contribution in [0.25, 0.3) is 22.2 Å². The van der Waals surface area contributed by atoms with Gasteiger partial charge in [-0.1, -0.05) is 29.8 Å². The number of likely N-dealkylation sites (tertiary alicyclic amines) is 1. The number of esters is 1. The average Bonchev–Trinajstić information content (AvgIpc) is 3.10. The number of ether oxygens (including phenoxy) is 1. The van der Waals surface area contributed by atoms with Crippen LogP contribution in [-0.4, -0.2) is 51.2 Å². The number of carbonyl (C=O) groups excluding carboxylic acids is 2. The van der Waals surface area contributed by atoms with E-state index < -0.39 is 0 Å². The predicted molar refractivity (Wildman–Crippen MR) is 118 cm³/mol. The van der Waals surface area contributed by atoms with Crippen LogP contribution in [0.1, 0.15) is 31.0 Å². The molecule has 0 saturated carbocycles. The molecule has 31 heavy (non-hydrogen) atoms. The molecule has 1 saturated heterocycles. The molecule has 1 aromatic carbocycles. The molecule has 1 amide bonds. The van der Waals surface area contributed by atoms with Crippen LogP contribution in [0.5, 0.6) is 0 Å². The van der Waals surface area contributed by atoms with Gasteiger partial charge in [-0.25, -0.2) is 9.67 Å². The molecule has 0 unspecified atom stereocenters. The molecule has 0 N–H and O–H groups in total. The first-order valence-corrected chi connectivity index (χ1v) is 10.8. The van der Waals surface area contributed by atoms with Crippen molar-refractivity contribution >= 4 is 22.9 Å². The summed E-state index contributed by atoms with van der Waals surface area (Å²) >= 11 is 0. The number of benzene rings is 1. The highest BCUT2D eigenvalue weighted by Crippen LogP contribution is 2.30. The molecular weight excluding hydrogens is 392 g/mol. The summed E-state index contributed by atoms with van der Waals surface area (Å²) in [5.41, 5.74) is 4.95. The smallest absolute Gasteiger partial charge is 0.309 e. The lowest BCUT2D eigenvalue weighted by Crippen LogP contribution is -2.42. The molecule has 162 valence electrons. The second kappa shape index (κ2) is 8.88. The van der Waals surface area contributed by atoms with E-state index in [4.69, 9.17) is 4.74 Å². The van der Waals surface area contributed by atoms with Gasteiger partial charge < -0.3 is 9.64 Å². The van der Waals surface area contributed by atoms with Gasteiger partial charge in [0.15, 0.2) is 5.65 Å². The Bertz CT molecular complexity index is 1100. The number of nitrogens with zero attached hydrogens (tertiary/aromatic N) is 4. The maximum atomic E-state index is 12.9. The van der Waals surface area contributed by atoms with Crippen molar-refractivity contribution in [1.82, 2.24) is 19.7 Å². The molecule has 7 nitrogen and oxygen atoms in total. The summed E-state index contributed by atoms with van der Waals surface area (Å²) in [4.78, 5) is 31.2. The molecule has 0 spiro atoms. The monoisotopic (exact) mass is 420 g/mol. The van der Waals surface area contributed by atoms with Crippen LogP contribution in [0.3, 0.4) is 0 Å². The third kappa shape index (κ3) is 4.31. The van der Waals surface area contributed by atoms with Gasteiger partial charge in [0.05, 0.1) is 18.2 Å². The summed E-state index contributed by atoms with van der Waals surface area (Å²) < 4.78 is 6.81. The number of hydrogen-bond acceptors (Lipinski definition) is 5. The van der Waals surface area contributed by atoms with Crippen LogP contribution in [0.2, 0.25) is 0 Å². The summed E-state index contributed by atoms with van der Waals surface area (Å²) in [7, 11) is 0. The molecule has 3 aromatic rings. The maximum Gasteiger partial charge on any atom is 0.309 e. The fourth-order valence-electron chi connectivity index (χ4n) is 4.22. The largest absolute Gasteiger partial charge is 0.466 e. The summed E-state index contributed by atoms with van der Waals surface area (Å²) in [6.07, 6.45) is 3.04. The van der Waals surface area contributed by atoms with Crippen molar-refractivity contribution in [2.24, 2.45) is 5.92 Å². The number of rotatable bonds is 5. The fraction of sp³-hybridized carbons (Fsp3) is 0.417. The number of hydrogen-bond donors (Lipinski definition) is 0. The van der Waals surface area contributed by atoms with Crippen LogP contribution in [0.15, 0.2) is 36.5 Å². The number of pyridine rings is 1. The molecule has 0 aliphatic carbocycles. The first-order valence-electron chi connectivity index (χ1n) is 10.8. The lowest BCUT2D eigenvalue weighted by molar-refractivity contribution is -0.151. The van der Waals surface area contributed by atoms with E-state index in [1.54, 1.807) is 10.9 Å². The summed E-state index contributed by atoms with van der Waals surface area (Å²) in [6, 6.07) is 10.4. The van der Waals surface area contributed by atoms with E-state index in [1.165, 1.54) is 5.56 Å². The molecule has 2 aromatic heterocycles. The normalized spacial score (nSPS) is 14.7. The lowest BCUT2D eigenvalue weighted by atomic mass is 9.97. The zero-order valence-electron chi connectivity index (χ0n) is 18.3. The number of aromatic nitrogens is 3. The molecule has 1 aliphatic rings. The number of carbonyl (C=O) groups is 2. The Morgan fingerprint density at radius 1 is 1.10 bits per heavy atom. The number of amides is 1. The Labute approximate surface area is 182 Å². The van der Waals surface area contributed by atoms with Gasteiger partial charge in [0.2, 0.25) is 5.91 Å². The van der Waals surface area contributed by atoms with Crippen LogP contribution < -0.4 is 0 Å². The first-order chi connectivity index (χ1) is 15.0. The molecule has 1 fully saturated rings. The van der Waals surface area contributed by atoms with Crippen molar-refractivity contribution in [2.75, 3.05) is 19.7 Å². The Morgan fingerprint density at radius 3 is 2.48 bits per heavy atom. The molecule has 0 radical (unpaired) electrons. The quantitative estimate of drug-likeness (QED) is 0.590. The van der Waals surface area contributed by atoms with E-state index in [0.717, 1.165) is 22.2 Å². The van der Waals surface area contributed by atoms with Crippen molar-refractivity contribution < 1.29 is 14.3 Å². The average molecular weight is 421 g/mol. The Morgan fingerprint density at radius 2 is 1.81 bits per heavy atom. The summed E-state index contributed by atoms with van der Waals surface area (Å²) in [6.45, 7) is 7.47. The zero-order chi connectivity index (χ0) is 22.0. The van der Waals surface area contributed by atoms with Gasteiger partial charge in [0, 0.05) is 24.7 Å². The Kier molecular flexibility index (Phi) is 6.02. The minimum absolute atomic E-state index is 0.00533. The lowest BCUT2D eigenvalue weighted by Gasteiger charge is -2.30. The van der Waals surface area contributed by atoms with E-state index in [0.29, 0.717) is 38.2 Å². The van der Waals surface area contributed by atoms with E-state index >= 15 is 0 Å². The molecule has 7 heteroatoms. The van der Waals surface area contributed by atoms with E-state index in [2.05, 4.69) is 41.3 Å². The highest BCUT2D eigenvalue weighted by atomic mass is 16.5. The minimum Gasteiger partial charge on any atom is -0.466 e. The topological polar surface area (TPSA) is 77.3 Å². The second-order valence-corrected chi connectivity index (χ2v) is 8.07. The van der Waals surface area contributed by atoms with Gasteiger partial charge in [-0.2, -0.15) is 5.10 Å². The van der Waals surface area contributed by atoms with Crippen molar-refractivity contribution in [3.8, 4) is 11.1 Å². The van der Waals surface area contributed by atoms with Crippen molar-refractivity contribution in [3.05, 3.63) is 47.8 Å². The van der Waals surface area contributed by atoms with Gasteiger partial charge in [0.1, 0.15) is 6.54 Å².